The van der Waals surface area contributed by atoms with Crippen molar-refractivity contribution in [3.8, 4) is 6.01 Å². The number of rotatable bonds is 10. The van der Waals surface area contributed by atoms with E-state index in [1.807, 2.05) is 11.8 Å². The average Bonchev–Trinajstić information content (AvgIpc) is 3.29. The Morgan fingerprint density at radius 2 is 1.81 bits per heavy atom. The monoisotopic (exact) mass is 311 g/mol. The lowest BCUT2D eigenvalue weighted by molar-refractivity contribution is 0.292. The van der Waals surface area contributed by atoms with Crippen LogP contribution in [-0.2, 0) is 0 Å². The predicted octanol–water partition coefficient (Wildman–Crippen LogP) is 2.79. The zero-order valence-electron chi connectivity index (χ0n) is 13.1. The van der Waals surface area contributed by atoms with Crippen molar-refractivity contribution in [2.24, 2.45) is 0 Å². The normalized spacial score (nSPS) is 15.6. The number of nitrogens with one attached hydrogen (secondary N) is 2. The van der Waals surface area contributed by atoms with Crippen LogP contribution in [0, 0.1) is 0 Å². The quantitative estimate of drug-likeness (QED) is 0.688. The summed E-state index contributed by atoms with van der Waals surface area (Å²) < 4.78 is 5.91. The Kier molecular flexibility index (Phi) is 5.90. The standard InChI is InChI=1S/C14H25N5OS/c1-4-8-15-11-17-12(16-10-14(21-3)6-7-14)19-13(18-11)20-9-5-2/h4-10H2,1-3H3,(H2,15,16,17,18,19). The maximum atomic E-state index is 5.54. The highest BCUT2D eigenvalue weighted by molar-refractivity contribution is 8.00. The van der Waals surface area contributed by atoms with Crippen molar-refractivity contribution in [3.05, 3.63) is 0 Å². The van der Waals surface area contributed by atoms with E-state index in [0.717, 1.165) is 25.9 Å². The van der Waals surface area contributed by atoms with Gasteiger partial charge in [0.2, 0.25) is 11.9 Å². The third-order valence-electron chi connectivity index (χ3n) is 3.39. The van der Waals surface area contributed by atoms with Crippen LogP contribution in [0.5, 0.6) is 6.01 Å². The number of nitrogens with zero attached hydrogens (tertiary/aromatic N) is 3. The first-order valence-electron chi connectivity index (χ1n) is 7.63. The molecule has 6 nitrogen and oxygen atoms in total. The van der Waals surface area contributed by atoms with Gasteiger partial charge in [-0.05, 0) is 31.9 Å². The first-order valence-corrected chi connectivity index (χ1v) is 8.85. The molecule has 1 aliphatic rings. The van der Waals surface area contributed by atoms with Crippen molar-refractivity contribution in [3.63, 3.8) is 0 Å². The molecule has 0 aliphatic heterocycles. The van der Waals surface area contributed by atoms with Crippen molar-refractivity contribution in [2.45, 2.75) is 44.3 Å². The zero-order chi connectivity index (χ0) is 15.1. The molecule has 0 saturated heterocycles. The van der Waals surface area contributed by atoms with Crippen LogP contribution in [0.25, 0.3) is 0 Å². The van der Waals surface area contributed by atoms with Crippen LogP contribution in [0.2, 0.25) is 0 Å². The molecule has 2 N–H and O–H groups in total. The molecule has 0 radical (unpaired) electrons. The van der Waals surface area contributed by atoms with Gasteiger partial charge in [-0.1, -0.05) is 13.8 Å². The smallest absolute Gasteiger partial charge is 0.323 e. The van der Waals surface area contributed by atoms with E-state index in [0.29, 0.717) is 29.3 Å². The van der Waals surface area contributed by atoms with Crippen molar-refractivity contribution in [1.82, 2.24) is 15.0 Å². The maximum absolute atomic E-state index is 5.54. The topological polar surface area (TPSA) is 72.0 Å². The molecule has 118 valence electrons. The summed E-state index contributed by atoms with van der Waals surface area (Å²) in [5.41, 5.74) is 0. The first kappa shape index (κ1) is 16.1. The Balaban J connectivity index is 2.02. The third-order valence-corrected chi connectivity index (χ3v) is 4.81. The van der Waals surface area contributed by atoms with Gasteiger partial charge in [0.05, 0.1) is 6.61 Å². The highest BCUT2D eigenvalue weighted by Crippen LogP contribution is 2.46. The molecular formula is C14H25N5OS. The van der Waals surface area contributed by atoms with E-state index in [2.05, 4.69) is 45.7 Å². The van der Waals surface area contributed by atoms with Crippen LogP contribution in [0.1, 0.15) is 39.5 Å². The minimum atomic E-state index is 0.369. The van der Waals surface area contributed by atoms with Gasteiger partial charge in [0.15, 0.2) is 0 Å². The molecule has 1 aromatic rings. The van der Waals surface area contributed by atoms with Crippen LogP contribution >= 0.6 is 11.8 Å². The Bertz CT molecular complexity index is 427. The molecule has 0 atom stereocenters. The molecule has 0 unspecified atom stereocenters. The summed E-state index contributed by atoms with van der Waals surface area (Å²) in [6.45, 7) is 6.51. The van der Waals surface area contributed by atoms with Gasteiger partial charge in [-0.2, -0.15) is 26.7 Å². The van der Waals surface area contributed by atoms with Crippen LogP contribution in [0.4, 0.5) is 11.9 Å². The van der Waals surface area contributed by atoms with Crippen LogP contribution in [-0.4, -0.2) is 45.7 Å². The van der Waals surface area contributed by atoms with E-state index in [9.17, 15) is 0 Å². The van der Waals surface area contributed by atoms with Crippen molar-refractivity contribution < 1.29 is 4.74 Å². The molecule has 1 fully saturated rings. The Morgan fingerprint density at radius 1 is 1.10 bits per heavy atom. The molecule has 1 aliphatic carbocycles. The van der Waals surface area contributed by atoms with E-state index in [1.54, 1.807) is 0 Å². The molecule has 21 heavy (non-hydrogen) atoms. The first-order chi connectivity index (χ1) is 10.2. The van der Waals surface area contributed by atoms with Gasteiger partial charge in [-0.3, -0.25) is 0 Å². The van der Waals surface area contributed by atoms with Gasteiger partial charge in [0.25, 0.3) is 0 Å². The fourth-order valence-electron chi connectivity index (χ4n) is 1.84. The summed E-state index contributed by atoms with van der Waals surface area (Å²) in [5, 5.41) is 6.52. The summed E-state index contributed by atoms with van der Waals surface area (Å²) in [6, 6.07) is 0.391. The van der Waals surface area contributed by atoms with Gasteiger partial charge < -0.3 is 15.4 Å². The highest BCUT2D eigenvalue weighted by atomic mass is 32.2. The van der Waals surface area contributed by atoms with E-state index >= 15 is 0 Å². The number of thioether (sulfide) groups is 1. The van der Waals surface area contributed by atoms with E-state index in [1.165, 1.54) is 12.8 Å². The van der Waals surface area contributed by atoms with Gasteiger partial charge >= 0.3 is 6.01 Å². The highest BCUT2D eigenvalue weighted by Gasteiger charge is 2.41. The third kappa shape index (κ3) is 4.91. The second-order valence-electron chi connectivity index (χ2n) is 5.28. The molecule has 7 heteroatoms. The number of anilines is 2. The largest absolute Gasteiger partial charge is 0.463 e. The van der Waals surface area contributed by atoms with Crippen molar-refractivity contribution in [2.75, 3.05) is 36.6 Å². The number of aromatic nitrogens is 3. The second-order valence-corrected chi connectivity index (χ2v) is 6.56. The molecule has 1 aromatic heterocycles. The molecule has 0 aromatic carbocycles. The lowest BCUT2D eigenvalue weighted by Gasteiger charge is -2.14. The second kappa shape index (κ2) is 7.68. The van der Waals surface area contributed by atoms with Gasteiger partial charge in [-0.15, -0.1) is 0 Å². The molecule has 1 heterocycles. The maximum Gasteiger partial charge on any atom is 0.323 e. The van der Waals surface area contributed by atoms with Gasteiger partial charge in [0.1, 0.15) is 0 Å². The SMILES string of the molecule is CCCNc1nc(NCC2(SC)CC2)nc(OCCC)n1. The van der Waals surface area contributed by atoms with Crippen molar-refractivity contribution in [1.29, 1.82) is 0 Å². The van der Waals surface area contributed by atoms with E-state index in [-0.39, 0.29) is 0 Å². The number of ether oxygens (including phenoxy) is 1. The van der Waals surface area contributed by atoms with Crippen LogP contribution < -0.4 is 15.4 Å². The fourth-order valence-corrected chi connectivity index (χ4v) is 2.57. The summed E-state index contributed by atoms with van der Waals surface area (Å²) in [5.74, 6) is 1.17. The number of hydrogen-bond acceptors (Lipinski definition) is 7. The Labute approximate surface area is 130 Å². The zero-order valence-corrected chi connectivity index (χ0v) is 13.9. The lowest BCUT2D eigenvalue weighted by atomic mass is 10.4. The number of hydrogen-bond donors (Lipinski definition) is 2. The minimum absolute atomic E-state index is 0.369. The Morgan fingerprint density at radius 3 is 2.38 bits per heavy atom. The summed E-state index contributed by atoms with van der Waals surface area (Å²) >= 11 is 1.91. The summed E-state index contributed by atoms with van der Waals surface area (Å²) in [7, 11) is 0. The van der Waals surface area contributed by atoms with E-state index in [4.69, 9.17) is 4.74 Å². The molecular weight excluding hydrogens is 286 g/mol. The lowest BCUT2D eigenvalue weighted by Crippen LogP contribution is -2.20. The molecule has 2 rings (SSSR count). The Hall–Kier alpha value is -1.24. The minimum Gasteiger partial charge on any atom is -0.463 e. The molecule has 0 spiro atoms. The summed E-state index contributed by atoms with van der Waals surface area (Å²) in [6.07, 6.45) is 6.63. The molecule has 0 amide bonds. The van der Waals surface area contributed by atoms with Crippen molar-refractivity contribution >= 4 is 23.7 Å². The van der Waals surface area contributed by atoms with Gasteiger partial charge in [-0.25, -0.2) is 0 Å². The van der Waals surface area contributed by atoms with Gasteiger partial charge in [0, 0.05) is 17.8 Å². The predicted molar refractivity (Wildman–Crippen MR) is 88.4 cm³/mol. The van der Waals surface area contributed by atoms with E-state index < -0.39 is 0 Å². The van der Waals surface area contributed by atoms with Crippen LogP contribution in [0.3, 0.4) is 0 Å². The fraction of sp³-hybridized carbons (Fsp3) is 0.786. The molecule has 1 saturated carbocycles. The molecule has 0 bridgehead atoms. The average molecular weight is 311 g/mol. The van der Waals surface area contributed by atoms with Crippen LogP contribution in [0.15, 0.2) is 0 Å². The summed E-state index contributed by atoms with van der Waals surface area (Å²) in [4.78, 5) is 13.0.